The highest BCUT2D eigenvalue weighted by atomic mass is 16.6. The molecule has 0 saturated heterocycles. The molecule has 1 amide bonds. The van der Waals surface area contributed by atoms with E-state index in [1.54, 1.807) is 24.3 Å². The molecule has 7 nitrogen and oxygen atoms in total. The molecule has 1 N–H and O–H groups in total. The average molecular weight is 339 g/mol. The number of nitrogens with zero attached hydrogens (tertiary/aromatic N) is 2. The molecule has 1 atom stereocenters. The van der Waals surface area contributed by atoms with E-state index < -0.39 is 10.8 Å². The van der Waals surface area contributed by atoms with E-state index in [0.29, 0.717) is 17.1 Å². The van der Waals surface area contributed by atoms with Crippen LogP contribution >= 0.6 is 0 Å². The van der Waals surface area contributed by atoms with Gasteiger partial charge in [0.05, 0.1) is 4.92 Å². The first-order chi connectivity index (χ1) is 11.9. The lowest BCUT2D eigenvalue weighted by Gasteiger charge is -2.09. The normalized spacial score (nSPS) is 12.3. The molecule has 25 heavy (non-hydrogen) atoms. The Morgan fingerprint density at radius 1 is 1.36 bits per heavy atom. The molecular formula is C18H17N3O4. The van der Waals surface area contributed by atoms with Gasteiger partial charge in [-0.3, -0.25) is 14.9 Å². The van der Waals surface area contributed by atoms with E-state index in [1.165, 1.54) is 18.2 Å². The Balaban J connectivity index is 2.20. The molecule has 0 unspecified atom stereocenters. The van der Waals surface area contributed by atoms with Gasteiger partial charge in [-0.25, -0.2) is 0 Å². The van der Waals surface area contributed by atoms with Crippen molar-refractivity contribution in [2.75, 3.05) is 0 Å². The molecule has 0 bridgehead atoms. The molecule has 1 aromatic carbocycles. The predicted octanol–water partition coefficient (Wildman–Crippen LogP) is 3.68. The van der Waals surface area contributed by atoms with Crippen LogP contribution in [0.4, 0.5) is 5.69 Å². The number of furan rings is 1. The van der Waals surface area contributed by atoms with Crippen molar-refractivity contribution in [3.05, 3.63) is 57.8 Å². The molecule has 0 fully saturated rings. The summed E-state index contributed by atoms with van der Waals surface area (Å²) in [6, 6.07) is 11.1. The third kappa shape index (κ3) is 4.54. The molecule has 128 valence electrons. The number of nitro benzene ring substituents is 1. The largest absolute Gasteiger partial charge is 0.457 e. The van der Waals surface area contributed by atoms with Crippen molar-refractivity contribution in [3.8, 4) is 17.4 Å². The van der Waals surface area contributed by atoms with Crippen LogP contribution in [0.5, 0.6) is 0 Å². The number of benzene rings is 1. The molecule has 0 aliphatic heterocycles. The molecule has 7 heteroatoms. The Bertz CT molecular complexity index is 844. The maximum absolute atomic E-state index is 12.0. The zero-order chi connectivity index (χ0) is 18.4. The molecule has 0 spiro atoms. The molecule has 0 radical (unpaired) electrons. The van der Waals surface area contributed by atoms with Gasteiger partial charge in [0.25, 0.3) is 11.6 Å². The number of amides is 1. The number of carbonyl (C=O) groups is 1. The minimum atomic E-state index is -0.477. The molecule has 2 rings (SSSR count). The van der Waals surface area contributed by atoms with Crippen LogP contribution in [0.25, 0.3) is 17.4 Å². The SMILES string of the molecule is CC[C@H](C)NC(=O)/C(C#N)=C/c1ccc(-c2ccc([N+](=O)[O-])cc2)o1. The molecule has 0 saturated carbocycles. The second-order valence-corrected chi connectivity index (χ2v) is 5.46. The number of non-ortho nitro benzene ring substituents is 1. The fourth-order valence-corrected chi connectivity index (χ4v) is 2.03. The number of nitrogens with one attached hydrogen (secondary N) is 1. The van der Waals surface area contributed by atoms with Crippen LogP contribution < -0.4 is 5.32 Å². The van der Waals surface area contributed by atoms with Gasteiger partial charge in [0.15, 0.2) is 0 Å². The van der Waals surface area contributed by atoms with Gasteiger partial charge in [0, 0.05) is 29.8 Å². The van der Waals surface area contributed by atoms with E-state index in [9.17, 15) is 14.9 Å². The van der Waals surface area contributed by atoms with E-state index in [1.807, 2.05) is 19.9 Å². The lowest BCUT2D eigenvalue weighted by Crippen LogP contribution is -2.32. The van der Waals surface area contributed by atoms with Crippen molar-refractivity contribution < 1.29 is 14.1 Å². The minimum absolute atomic E-state index is 0.0103. The number of nitriles is 1. The standard InChI is InChI=1S/C18H17N3O4/c1-3-12(2)20-18(22)14(11-19)10-16-8-9-17(25-16)13-4-6-15(7-5-13)21(23)24/h4-10,12H,3H2,1-2H3,(H,20,22)/b14-10+/t12-/m0/s1. The van der Waals surface area contributed by atoms with Crippen molar-refractivity contribution in [3.63, 3.8) is 0 Å². The second kappa shape index (κ2) is 7.93. The van der Waals surface area contributed by atoms with Crippen LogP contribution in [-0.2, 0) is 4.79 Å². The zero-order valence-corrected chi connectivity index (χ0v) is 13.9. The van der Waals surface area contributed by atoms with Crippen LogP contribution in [0, 0.1) is 21.4 Å². The average Bonchev–Trinajstić information content (AvgIpc) is 3.08. The van der Waals surface area contributed by atoms with Gasteiger partial charge in [-0.15, -0.1) is 0 Å². The summed E-state index contributed by atoms with van der Waals surface area (Å²) in [5, 5.41) is 22.6. The third-order valence-electron chi connectivity index (χ3n) is 3.63. The van der Waals surface area contributed by atoms with E-state index in [4.69, 9.17) is 9.68 Å². The van der Waals surface area contributed by atoms with Crippen molar-refractivity contribution >= 4 is 17.7 Å². The zero-order valence-electron chi connectivity index (χ0n) is 13.9. The smallest absolute Gasteiger partial charge is 0.269 e. The lowest BCUT2D eigenvalue weighted by molar-refractivity contribution is -0.384. The number of nitro groups is 1. The first-order valence-electron chi connectivity index (χ1n) is 7.72. The molecule has 0 aliphatic rings. The van der Waals surface area contributed by atoms with Crippen LogP contribution in [0.2, 0.25) is 0 Å². The molecule has 0 aliphatic carbocycles. The molecular weight excluding hydrogens is 322 g/mol. The van der Waals surface area contributed by atoms with Gasteiger partial charge in [-0.2, -0.15) is 5.26 Å². The summed E-state index contributed by atoms with van der Waals surface area (Å²) in [5.74, 6) is 0.384. The van der Waals surface area contributed by atoms with Crippen LogP contribution in [-0.4, -0.2) is 16.9 Å². The van der Waals surface area contributed by atoms with E-state index in [2.05, 4.69) is 5.32 Å². The van der Waals surface area contributed by atoms with Gasteiger partial charge < -0.3 is 9.73 Å². The fourth-order valence-electron chi connectivity index (χ4n) is 2.03. The van der Waals surface area contributed by atoms with Crippen LogP contribution in [0.1, 0.15) is 26.0 Å². The second-order valence-electron chi connectivity index (χ2n) is 5.46. The Hall–Kier alpha value is -3.40. The highest BCUT2D eigenvalue weighted by molar-refractivity contribution is 6.01. The monoisotopic (exact) mass is 339 g/mol. The summed E-state index contributed by atoms with van der Waals surface area (Å²) in [4.78, 5) is 22.2. The summed E-state index contributed by atoms with van der Waals surface area (Å²) >= 11 is 0. The van der Waals surface area contributed by atoms with Gasteiger partial charge >= 0.3 is 0 Å². The summed E-state index contributed by atoms with van der Waals surface area (Å²) < 4.78 is 5.61. The fraction of sp³-hybridized carbons (Fsp3) is 0.222. The predicted molar refractivity (Wildman–Crippen MR) is 92.3 cm³/mol. The Labute approximate surface area is 144 Å². The van der Waals surface area contributed by atoms with Gasteiger partial charge in [-0.1, -0.05) is 6.92 Å². The van der Waals surface area contributed by atoms with Gasteiger partial charge in [0.2, 0.25) is 0 Å². The maximum atomic E-state index is 12.0. The Kier molecular flexibility index (Phi) is 5.69. The lowest BCUT2D eigenvalue weighted by atomic mass is 10.1. The third-order valence-corrected chi connectivity index (χ3v) is 3.63. The highest BCUT2D eigenvalue weighted by Crippen LogP contribution is 2.25. The van der Waals surface area contributed by atoms with E-state index >= 15 is 0 Å². The first-order valence-corrected chi connectivity index (χ1v) is 7.72. The van der Waals surface area contributed by atoms with Crippen molar-refractivity contribution in [2.24, 2.45) is 0 Å². The van der Waals surface area contributed by atoms with Crippen LogP contribution in [0.3, 0.4) is 0 Å². The number of rotatable bonds is 6. The summed E-state index contributed by atoms with van der Waals surface area (Å²) in [6.07, 6.45) is 2.13. The maximum Gasteiger partial charge on any atom is 0.269 e. The number of carbonyl (C=O) groups excluding carboxylic acids is 1. The van der Waals surface area contributed by atoms with Crippen molar-refractivity contribution in [1.82, 2.24) is 5.32 Å². The quantitative estimate of drug-likeness (QED) is 0.374. The Morgan fingerprint density at radius 3 is 2.60 bits per heavy atom. The summed E-state index contributed by atoms with van der Waals surface area (Å²) in [6.45, 7) is 3.79. The van der Waals surface area contributed by atoms with Gasteiger partial charge in [0.1, 0.15) is 23.2 Å². The van der Waals surface area contributed by atoms with E-state index in [-0.39, 0.29) is 17.3 Å². The highest BCUT2D eigenvalue weighted by Gasteiger charge is 2.13. The van der Waals surface area contributed by atoms with E-state index in [0.717, 1.165) is 6.42 Å². The number of hydrogen-bond donors (Lipinski definition) is 1. The topological polar surface area (TPSA) is 109 Å². The summed E-state index contributed by atoms with van der Waals surface area (Å²) in [5.41, 5.74) is 0.599. The Morgan fingerprint density at radius 2 is 2.04 bits per heavy atom. The number of hydrogen-bond acceptors (Lipinski definition) is 5. The molecule has 2 aromatic rings. The minimum Gasteiger partial charge on any atom is -0.457 e. The van der Waals surface area contributed by atoms with Crippen LogP contribution in [0.15, 0.2) is 46.4 Å². The molecule has 1 aromatic heterocycles. The van der Waals surface area contributed by atoms with Crippen molar-refractivity contribution in [1.29, 1.82) is 5.26 Å². The first kappa shape index (κ1) is 17.9. The molecule has 1 heterocycles. The summed E-state index contributed by atoms with van der Waals surface area (Å²) in [7, 11) is 0. The van der Waals surface area contributed by atoms with Gasteiger partial charge in [-0.05, 0) is 37.6 Å². The van der Waals surface area contributed by atoms with Crippen molar-refractivity contribution in [2.45, 2.75) is 26.3 Å².